The SMILES string of the molecule is C[C@@H]1CC=CC1=NNc1ccc([N+](=O)[O-])cc1[N+](=O)[O-]. The molecule has 0 aromatic heterocycles. The monoisotopic (exact) mass is 276 g/mol. The second-order valence-corrected chi connectivity index (χ2v) is 4.40. The number of hydrazone groups is 1. The summed E-state index contributed by atoms with van der Waals surface area (Å²) in [5.74, 6) is 0.250. The van der Waals surface area contributed by atoms with Crippen molar-refractivity contribution in [2.24, 2.45) is 11.0 Å². The van der Waals surface area contributed by atoms with Gasteiger partial charge in [-0.1, -0.05) is 13.0 Å². The molecular weight excluding hydrogens is 264 g/mol. The molecule has 0 radical (unpaired) electrons. The van der Waals surface area contributed by atoms with Gasteiger partial charge in [0, 0.05) is 12.0 Å². The van der Waals surface area contributed by atoms with E-state index in [2.05, 4.69) is 10.5 Å². The van der Waals surface area contributed by atoms with E-state index in [0.29, 0.717) is 0 Å². The molecule has 1 aromatic carbocycles. The van der Waals surface area contributed by atoms with Crippen molar-refractivity contribution in [1.82, 2.24) is 0 Å². The second kappa shape index (κ2) is 5.47. The minimum Gasteiger partial charge on any atom is -0.271 e. The summed E-state index contributed by atoms with van der Waals surface area (Å²) in [6.45, 7) is 1.99. The first-order chi connectivity index (χ1) is 9.49. The van der Waals surface area contributed by atoms with Gasteiger partial charge in [-0.25, -0.2) is 0 Å². The van der Waals surface area contributed by atoms with Gasteiger partial charge in [-0.05, 0) is 18.6 Å². The molecule has 0 fully saturated rings. The number of nitrogens with one attached hydrogen (secondary N) is 1. The lowest BCUT2D eigenvalue weighted by Gasteiger charge is -2.05. The number of nitro benzene ring substituents is 2. The summed E-state index contributed by atoms with van der Waals surface area (Å²) in [6, 6.07) is 3.39. The van der Waals surface area contributed by atoms with Gasteiger partial charge in [0.05, 0.1) is 21.6 Å². The van der Waals surface area contributed by atoms with E-state index in [1.165, 1.54) is 12.1 Å². The van der Waals surface area contributed by atoms with E-state index >= 15 is 0 Å². The first-order valence-electron chi connectivity index (χ1n) is 5.92. The lowest BCUT2D eigenvalue weighted by molar-refractivity contribution is -0.393. The zero-order chi connectivity index (χ0) is 14.7. The van der Waals surface area contributed by atoms with Crippen LogP contribution in [0.1, 0.15) is 13.3 Å². The number of hydrogen-bond acceptors (Lipinski definition) is 6. The fraction of sp³-hybridized carbons (Fsp3) is 0.250. The van der Waals surface area contributed by atoms with Crippen molar-refractivity contribution in [2.75, 3.05) is 5.43 Å². The lowest BCUT2D eigenvalue weighted by Crippen LogP contribution is -2.06. The zero-order valence-electron chi connectivity index (χ0n) is 10.6. The maximum absolute atomic E-state index is 10.9. The number of hydrogen-bond donors (Lipinski definition) is 1. The molecule has 1 aromatic rings. The minimum atomic E-state index is -0.677. The Morgan fingerprint density at radius 2 is 2.05 bits per heavy atom. The van der Waals surface area contributed by atoms with Crippen LogP contribution in [0.3, 0.4) is 0 Å². The highest BCUT2D eigenvalue weighted by molar-refractivity contribution is 5.99. The number of rotatable bonds is 4. The third kappa shape index (κ3) is 2.79. The Morgan fingerprint density at radius 1 is 1.30 bits per heavy atom. The Balaban J connectivity index is 2.29. The quantitative estimate of drug-likeness (QED) is 0.671. The van der Waals surface area contributed by atoms with Crippen molar-refractivity contribution in [3.8, 4) is 0 Å². The van der Waals surface area contributed by atoms with Crippen molar-refractivity contribution in [3.05, 3.63) is 50.6 Å². The molecule has 0 unspecified atom stereocenters. The molecule has 0 bridgehead atoms. The third-order valence-electron chi connectivity index (χ3n) is 2.98. The molecule has 1 atom stereocenters. The van der Waals surface area contributed by atoms with Crippen LogP contribution in [0.5, 0.6) is 0 Å². The molecule has 2 rings (SSSR count). The van der Waals surface area contributed by atoms with Gasteiger partial charge in [0.15, 0.2) is 0 Å². The van der Waals surface area contributed by atoms with Gasteiger partial charge in [-0.15, -0.1) is 0 Å². The van der Waals surface area contributed by atoms with Crippen LogP contribution in [-0.2, 0) is 0 Å². The highest BCUT2D eigenvalue weighted by Crippen LogP contribution is 2.29. The van der Waals surface area contributed by atoms with E-state index in [0.717, 1.165) is 18.2 Å². The number of allylic oxidation sites excluding steroid dienone is 2. The fourth-order valence-electron chi connectivity index (χ4n) is 1.83. The average Bonchev–Trinajstić information content (AvgIpc) is 2.81. The standard InChI is InChI=1S/C12H12N4O4/c1-8-3-2-4-10(8)13-14-11-6-5-9(15(17)18)7-12(11)16(19)20/h2,4-8,14H,3H2,1H3/t8-/m1/s1. The zero-order valence-corrected chi connectivity index (χ0v) is 10.6. The molecule has 0 saturated heterocycles. The lowest BCUT2D eigenvalue weighted by atomic mass is 10.1. The van der Waals surface area contributed by atoms with Crippen molar-refractivity contribution in [3.63, 3.8) is 0 Å². The number of benzene rings is 1. The molecular formula is C12H12N4O4. The molecule has 1 aliphatic carbocycles. The Bertz CT molecular complexity index is 624. The van der Waals surface area contributed by atoms with E-state index < -0.39 is 9.85 Å². The van der Waals surface area contributed by atoms with Gasteiger partial charge < -0.3 is 0 Å². The third-order valence-corrected chi connectivity index (χ3v) is 2.98. The molecule has 0 saturated carbocycles. The summed E-state index contributed by atoms with van der Waals surface area (Å²) in [6.07, 6.45) is 4.69. The summed E-state index contributed by atoms with van der Waals surface area (Å²) < 4.78 is 0. The highest BCUT2D eigenvalue weighted by atomic mass is 16.6. The van der Waals surface area contributed by atoms with Crippen LogP contribution in [0, 0.1) is 26.1 Å². The van der Waals surface area contributed by atoms with Crippen molar-refractivity contribution < 1.29 is 9.85 Å². The average molecular weight is 276 g/mol. The van der Waals surface area contributed by atoms with Gasteiger partial charge in [0.1, 0.15) is 5.69 Å². The summed E-state index contributed by atoms with van der Waals surface area (Å²) in [5, 5.41) is 25.7. The van der Waals surface area contributed by atoms with Crippen LogP contribution in [-0.4, -0.2) is 15.6 Å². The number of nitrogens with zero attached hydrogens (tertiary/aromatic N) is 3. The van der Waals surface area contributed by atoms with Gasteiger partial charge >= 0.3 is 5.69 Å². The second-order valence-electron chi connectivity index (χ2n) is 4.40. The van der Waals surface area contributed by atoms with Crippen LogP contribution < -0.4 is 5.43 Å². The van der Waals surface area contributed by atoms with Crippen molar-refractivity contribution in [2.45, 2.75) is 13.3 Å². The molecule has 20 heavy (non-hydrogen) atoms. The van der Waals surface area contributed by atoms with Gasteiger partial charge in [0.25, 0.3) is 5.69 Å². The van der Waals surface area contributed by atoms with Crippen LogP contribution in [0.2, 0.25) is 0 Å². The first-order valence-corrected chi connectivity index (χ1v) is 5.92. The van der Waals surface area contributed by atoms with Gasteiger partial charge in [-0.2, -0.15) is 5.10 Å². The van der Waals surface area contributed by atoms with Gasteiger partial charge in [-0.3, -0.25) is 25.7 Å². The van der Waals surface area contributed by atoms with Crippen LogP contribution in [0.4, 0.5) is 17.1 Å². The van der Waals surface area contributed by atoms with Gasteiger partial charge in [0.2, 0.25) is 0 Å². The van der Waals surface area contributed by atoms with Crippen LogP contribution in [0.15, 0.2) is 35.5 Å². The normalized spacial score (nSPS) is 19.2. The molecule has 0 amide bonds. The Kier molecular flexibility index (Phi) is 3.74. The Labute approximate surface area is 114 Å². The summed E-state index contributed by atoms with van der Waals surface area (Å²) >= 11 is 0. The van der Waals surface area contributed by atoms with E-state index in [4.69, 9.17) is 0 Å². The highest BCUT2D eigenvalue weighted by Gasteiger charge is 2.20. The fourth-order valence-corrected chi connectivity index (χ4v) is 1.83. The maximum atomic E-state index is 10.9. The Morgan fingerprint density at radius 3 is 2.60 bits per heavy atom. The predicted molar refractivity (Wildman–Crippen MR) is 73.7 cm³/mol. The largest absolute Gasteiger partial charge is 0.301 e. The van der Waals surface area contributed by atoms with E-state index in [1.54, 1.807) is 0 Å². The minimum absolute atomic E-state index is 0.126. The van der Waals surface area contributed by atoms with Crippen molar-refractivity contribution in [1.29, 1.82) is 0 Å². The topological polar surface area (TPSA) is 111 Å². The number of non-ortho nitro benzene ring substituents is 1. The van der Waals surface area contributed by atoms with E-state index in [1.807, 2.05) is 19.1 Å². The molecule has 1 aliphatic rings. The summed E-state index contributed by atoms with van der Waals surface area (Å²) in [5.41, 5.74) is 2.81. The number of anilines is 1. The molecule has 1 N–H and O–H groups in total. The van der Waals surface area contributed by atoms with Crippen molar-refractivity contribution >= 4 is 22.8 Å². The molecule has 0 heterocycles. The van der Waals surface area contributed by atoms with E-state index in [-0.39, 0.29) is 23.0 Å². The maximum Gasteiger partial charge on any atom is 0.301 e. The smallest absolute Gasteiger partial charge is 0.271 e. The first kappa shape index (κ1) is 13.7. The predicted octanol–water partition coefficient (Wildman–Crippen LogP) is 2.87. The number of nitro groups is 2. The van der Waals surface area contributed by atoms with E-state index in [9.17, 15) is 20.2 Å². The Hall–Kier alpha value is -2.77. The molecule has 8 heteroatoms. The molecule has 104 valence electrons. The van der Waals surface area contributed by atoms with Crippen LogP contribution >= 0.6 is 0 Å². The molecule has 0 spiro atoms. The summed E-state index contributed by atoms with van der Waals surface area (Å²) in [4.78, 5) is 20.2. The molecule has 8 nitrogen and oxygen atoms in total. The molecule has 0 aliphatic heterocycles. The summed E-state index contributed by atoms with van der Waals surface area (Å²) in [7, 11) is 0. The van der Waals surface area contributed by atoms with Crippen LogP contribution in [0.25, 0.3) is 0 Å².